The Bertz CT molecular complexity index is 624. The van der Waals surface area contributed by atoms with E-state index in [1.807, 2.05) is 49.2 Å². The zero-order chi connectivity index (χ0) is 15.2. The van der Waals surface area contributed by atoms with Crippen molar-refractivity contribution in [3.8, 4) is 0 Å². The van der Waals surface area contributed by atoms with Crippen LogP contribution >= 0.6 is 0 Å². The van der Waals surface area contributed by atoms with Gasteiger partial charge < -0.3 is 10.2 Å². The number of unbranched alkanes of at least 4 members (excludes halogenated alkanes) is 1. The van der Waals surface area contributed by atoms with Crippen LogP contribution in [-0.2, 0) is 0 Å². The number of para-hydroxylation sites is 1. The molecule has 0 aliphatic carbocycles. The van der Waals surface area contributed by atoms with Crippen LogP contribution in [0.4, 0.5) is 5.82 Å². The SMILES string of the molecule is CCCCN(CC)C(=O)c1cc(NC)nc2ccccc12. The van der Waals surface area contributed by atoms with Gasteiger partial charge in [0.1, 0.15) is 5.82 Å². The number of aromatic nitrogens is 1. The molecule has 0 atom stereocenters. The fourth-order valence-corrected chi connectivity index (χ4v) is 2.40. The summed E-state index contributed by atoms with van der Waals surface area (Å²) in [4.78, 5) is 19.2. The Labute approximate surface area is 126 Å². The Morgan fingerprint density at radius 1 is 1.29 bits per heavy atom. The van der Waals surface area contributed by atoms with Crippen molar-refractivity contribution in [1.82, 2.24) is 9.88 Å². The maximum atomic E-state index is 12.8. The van der Waals surface area contributed by atoms with E-state index in [-0.39, 0.29) is 5.91 Å². The third kappa shape index (κ3) is 3.32. The average molecular weight is 285 g/mol. The van der Waals surface area contributed by atoms with Crippen molar-refractivity contribution in [2.75, 3.05) is 25.5 Å². The number of anilines is 1. The molecule has 0 bridgehead atoms. The Kier molecular flexibility index (Phi) is 5.14. The molecular formula is C17H23N3O. The first-order valence-electron chi connectivity index (χ1n) is 7.58. The van der Waals surface area contributed by atoms with Crippen LogP contribution in [0.5, 0.6) is 0 Å². The first kappa shape index (κ1) is 15.3. The van der Waals surface area contributed by atoms with Crippen LogP contribution < -0.4 is 5.32 Å². The molecular weight excluding hydrogens is 262 g/mol. The summed E-state index contributed by atoms with van der Waals surface area (Å²) in [5.74, 6) is 0.810. The second kappa shape index (κ2) is 7.07. The van der Waals surface area contributed by atoms with Crippen LogP contribution in [0.15, 0.2) is 30.3 Å². The van der Waals surface area contributed by atoms with Gasteiger partial charge in [0.2, 0.25) is 0 Å². The molecule has 1 amide bonds. The molecule has 0 fully saturated rings. The third-order valence-corrected chi connectivity index (χ3v) is 3.65. The van der Waals surface area contributed by atoms with Gasteiger partial charge >= 0.3 is 0 Å². The Hall–Kier alpha value is -2.10. The number of hydrogen-bond acceptors (Lipinski definition) is 3. The van der Waals surface area contributed by atoms with Gasteiger partial charge in [-0.2, -0.15) is 0 Å². The molecule has 0 aliphatic rings. The lowest BCUT2D eigenvalue weighted by molar-refractivity contribution is 0.0764. The predicted octanol–water partition coefficient (Wildman–Crippen LogP) is 3.54. The highest BCUT2D eigenvalue weighted by atomic mass is 16.2. The standard InChI is InChI=1S/C17H23N3O/c1-4-6-11-20(5-2)17(21)14-12-16(18-3)19-15-10-8-7-9-13(14)15/h7-10,12H,4-6,11H2,1-3H3,(H,18,19). The molecule has 0 spiro atoms. The van der Waals surface area contributed by atoms with Crippen molar-refractivity contribution in [1.29, 1.82) is 0 Å². The van der Waals surface area contributed by atoms with E-state index in [1.54, 1.807) is 0 Å². The van der Waals surface area contributed by atoms with E-state index in [2.05, 4.69) is 17.2 Å². The Morgan fingerprint density at radius 2 is 2.05 bits per heavy atom. The number of nitrogens with one attached hydrogen (secondary N) is 1. The maximum absolute atomic E-state index is 12.8. The van der Waals surface area contributed by atoms with Gasteiger partial charge in [0, 0.05) is 25.5 Å². The van der Waals surface area contributed by atoms with Gasteiger partial charge in [-0.25, -0.2) is 4.98 Å². The molecule has 4 heteroatoms. The predicted molar refractivity (Wildman–Crippen MR) is 87.8 cm³/mol. The normalized spacial score (nSPS) is 10.6. The summed E-state index contributed by atoms with van der Waals surface area (Å²) in [5.41, 5.74) is 1.57. The number of carbonyl (C=O) groups excluding carboxylic acids is 1. The highest BCUT2D eigenvalue weighted by molar-refractivity contribution is 6.06. The van der Waals surface area contributed by atoms with Gasteiger partial charge in [-0.3, -0.25) is 4.79 Å². The Morgan fingerprint density at radius 3 is 2.71 bits per heavy atom. The zero-order valence-corrected chi connectivity index (χ0v) is 13.0. The number of fused-ring (bicyclic) bond motifs is 1. The molecule has 0 radical (unpaired) electrons. The molecule has 4 nitrogen and oxygen atoms in total. The number of benzene rings is 1. The second-order valence-electron chi connectivity index (χ2n) is 5.06. The number of rotatable bonds is 6. The molecule has 0 saturated carbocycles. The van der Waals surface area contributed by atoms with Crippen molar-refractivity contribution in [2.24, 2.45) is 0 Å². The molecule has 112 valence electrons. The molecule has 0 unspecified atom stereocenters. The summed E-state index contributed by atoms with van der Waals surface area (Å²) in [6.45, 7) is 5.69. The van der Waals surface area contributed by atoms with E-state index in [4.69, 9.17) is 0 Å². The maximum Gasteiger partial charge on any atom is 0.254 e. The summed E-state index contributed by atoms with van der Waals surface area (Å²) >= 11 is 0. The summed E-state index contributed by atoms with van der Waals surface area (Å²) in [5, 5.41) is 3.95. The molecule has 2 rings (SSSR count). The summed E-state index contributed by atoms with van der Waals surface area (Å²) in [6.07, 6.45) is 2.12. The number of pyridine rings is 1. The number of hydrogen-bond donors (Lipinski definition) is 1. The van der Waals surface area contributed by atoms with Crippen LogP contribution in [0, 0.1) is 0 Å². The summed E-state index contributed by atoms with van der Waals surface area (Å²) in [7, 11) is 1.82. The molecule has 1 aromatic heterocycles. The second-order valence-corrected chi connectivity index (χ2v) is 5.06. The fourth-order valence-electron chi connectivity index (χ4n) is 2.40. The lowest BCUT2D eigenvalue weighted by Crippen LogP contribution is -2.32. The molecule has 1 N–H and O–H groups in total. The molecule has 2 aromatic rings. The van der Waals surface area contributed by atoms with Crippen molar-refractivity contribution < 1.29 is 4.79 Å². The summed E-state index contributed by atoms with van der Waals surface area (Å²) in [6, 6.07) is 9.64. The van der Waals surface area contributed by atoms with E-state index >= 15 is 0 Å². The van der Waals surface area contributed by atoms with Gasteiger partial charge in [-0.1, -0.05) is 31.5 Å². The third-order valence-electron chi connectivity index (χ3n) is 3.65. The van der Waals surface area contributed by atoms with Gasteiger partial charge in [0.05, 0.1) is 11.1 Å². The van der Waals surface area contributed by atoms with E-state index in [0.29, 0.717) is 0 Å². The number of nitrogens with zero attached hydrogens (tertiary/aromatic N) is 2. The highest BCUT2D eigenvalue weighted by Crippen LogP contribution is 2.22. The topological polar surface area (TPSA) is 45.2 Å². The van der Waals surface area contributed by atoms with E-state index in [0.717, 1.165) is 48.2 Å². The molecule has 21 heavy (non-hydrogen) atoms. The first-order valence-corrected chi connectivity index (χ1v) is 7.58. The minimum atomic E-state index is 0.0843. The van der Waals surface area contributed by atoms with Crippen LogP contribution in [0.2, 0.25) is 0 Å². The first-order chi connectivity index (χ1) is 10.2. The quantitative estimate of drug-likeness (QED) is 0.883. The van der Waals surface area contributed by atoms with Crippen molar-refractivity contribution >= 4 is 22.6 Å². The smallest absolute Gasteiger partial charge is 0.254 e. The zero-order valence-electron chi connectivity index (χ0n) is 13.0. The van der Waals surface area contributed by atoms with Gasteiger partial charge in [-0.05, 0) is 25.5 Å². The molecule has 1 aromatic carbocycles. The minimum absolute atomic E-state index is 0.0843. The largest absolute Gasteiger partial charge is 0.373 e. The summed E-state index contributed by atoms with van der Waals surface area (Å²) < 4.78 is 0. The van der Waals surface area contributed by atoms with Gasteiger partial charge in [-0.15, -0.1) is 0 Å². The van der Waals surface area contributed by atoms with E-state index < -0.39 is 0 Å². The molecule has 0 saturated heterocycles. The Balaban J connectivity index is 2.45. The van der Waals surface area contributed by atoms with Crippen LogP contribution in [-0.4, -0.2) is 35.9 Å². The monoisotopic (exact) mass is 285 g/mol. The van der Waals surface area contributed by atoms with Crippen molar-refractivity contribution in [3.63, 3.8) is 0 Å². The van der Waals surface area contributed by atoms with Crippen LogP contribution in [0.1, 0.15) is 37.0 Å². The van der Waals surface area contributed by atoms with Gasteiger partial charge in [0.25, 0.3) is 5.91 Å². The molecule has 0 aliphatic heterocycles. The number of carbonyl (C=O) groups is 1. The lowest BCUT2D eigenvalue weighted by Gasteiger charge is -2.21. The highest BCUT2D eigenvalue weighted by Gasteiger charge is 2.17. The van der Waals surface area contributed by atoms with Crippen LogP contribution in [0.3, 0.4) is 0 Å². The van der Waals surface area contributed by atoms with Crippen molar-refractivity contribution in [2.45, 2.75) is 26.7 Å². The van der Waals surface area contributed by atoms with Crippen LogP contribution in [0.25, 0.3) is 10.9 Å². The molecule has 1 heterocycles. The van der Waals surface area contributed by atoms with E-state index in [9.17, 15) is 4.79 Å². The fraction of sp³-hybridized carbons (Fsp3) is 0.412. The average Bonchev–Trinajstić information content (AvgIpc) is 2.54. The number of amides is 1. The van der Waals surface area contributed by atoms with Gasteiger partial charge in [0.15, 0.2) is 0 Å². The van der Waals surface area contributed by atoms with Crippen molar-refractivity contribution in [3.05, 3.63) is 35.9 Å². The minimum Gasteiger partial charge on any atom is -0.373 e. The van der Waals surface area contributed by atoms with E-state index in [1.165, 1.54) is 0 Å². The lowest BCUT2D eigenvalue weighted by atomic mass is 10.1.